The molecule has 7 heteroatoms. The van der Waals surface area contributed by atoms with Crippen LogP contribution < -0.4 is 16.0 Å². The number of nitrogens with two attached hydrogens (primary N) is 1. The van der Waals surface area contributed by atoms with Crippen molar-refractivity contribution in [2.75, 3.05) is 29.0 Å². The van der Waals surface area contributed by atoms with Gasteiger partial charge in [-0.25, -0.2) is 9.97 Å². The van der Waals surface area contributed by atoms with E-state index in [1.165, 1.54) is 5.69 Å². The third kappa shape index (κ3) is 3.54. The summed E-state index contributed by atoms with van der Waals surface area (Å²) in [5, 5.41) is 8.73. The molecule has 7 nitrogen and oxygen atoms in total. The van der Waals surface area contributed by atoms with Crippen LogP contribution in [-0.4, -0.2) is 38.9 Å². The lowest BCUT2D eigenvalue weighted by Gasteiger charge is -2.33. The van der Waals surface area contributed by atoms with E-state index in [2.05, 4.69) is 61.7 Å². The molecule has 0 saturated carbocycles. The van der Waals surface area contributed by atoms with Crippen LogP contribution in [0.1, 0.15) is 12.8 Å². The first-order valence-electron chi connectivity index (χ1n) is 10.3. The number of hydrogen-bond acceptors (Lipinski definition) is 6. The predicted molar refractivity (Wildman–Crippen MR) is 121 cm³/mol. The highest BCUT2D eigenvalue weighted by atomic mass is 15.3. The second kappa shape index (κ2) is 7.67. The van der Waals surface area contributed by atoms with Gasteiger partial charge in [0.05, 0.1) is 5.52 Å². The number of aryl methyl sites for hydroxylation is 1. The molecule has 0 atom stereocenters. The molecule has 3 heterocycles. The maximum Gasteiger partial charge on any atom is 0.222 e. The molecule has 1 fully saturated rings. The Morgan fingerprint density at radius 3 is 2.43 bits per heavy atom. The molecular formula is C23H25N7. The maximum absolute atomic E-state index is 5.95. The average Bonchev–Trinajstić information content (AvgIpc) is 3.08. The van der Waals surface area contributed by atoms with Crippen molar-refractivity contribution in [3.63, 3.8) is 0 Å². The smallest absolute Gasteiger partial charge is 0.222 e. The molecule has 2 aromatic carbocycles. The van der Waals surface area contributed by atoms with Crippen LogP contribution in [-0.2, 0) is 7.05 Å². The number of anilines is 3. The molecule has 2 aromatic heterocycles. The number of nitrogen functional groups attached to an aromatic ring is 1. The zero-order chi connectivity index (χ0) is 20.5. The summed E-state index contributed by atoms with van der Waals surface area (Å²) >= 11 is 0. The number of hydrogen-bond donors (Lipinski definition) is 2. The van der Waals surface area contributed by atoms with E-state index < -0.39 is 0 Å². The van der Waals surface area contributed by atoms with Crippen LogP contribution in [0.2, 0.25) is 0 Å². The van der Waals surface area contributed by atoms with Gasteiger partial charge in [-0.2, -0.15) is 5.10 Å². The molecule has 0 aliphatic carbocycles. The number of benzene rings is 2. The fourth-order valence-electron chi connectivity index (χ4n) is 4.12. The first kappa shape index (κ1) is 18.4. The lowest BCUT2D eigenvalue weighted by Crippen LogP contribution is -2.39. The normalized spacial score (nSPS) is 14.9. The van der Waals surface area contributed by atoms with E-state index in [0.717, 1.165) is 48.0 Å². The summed E-state index contributed by atoms with van der Waals surface area (Å²) in [5.41, 5.74) is 10.3. The average molecular weight is 400 g/mol. The second-order valence-electron chi connectivity index (χ2n) is 7.78. The Kier molecular flexibility index (Phi) is 4.71. The monoisotopic (exact) mass is 399 g/mol. The Balaban J connectivity index is 1.24. The first-order chi connectivity index (χ1) is 14.7. The van der Waals surface area contributed by atoms with Gasteiger partial charge in [0, 0.05) is 55.2 Å². The molecule has 30 heavy (non-hydrogen) atoms. The molecule has 1 aliphatic rings. The largest absolute Gasteiger partial charge is 0.382 e. The molecule has 4 aromatic rings. The van der Waals surface area contributed by atoms with Crippen molar-refractivity contribution in [1.82, 2.24) is 19.7 Å². The van der Waals surface area contributed by atoms with Crippen molar-refractivity contribution >= 4 is 28.4 Å². The fraction of sp³-hybridized carbons (Fsp3) is 0.261. The number of fused-ring (bicyclic) bond motifs is 1. The molecule has 0 unspecified atom stereocenters. The van der Waals surface area contributed by atoms with Gasteiger partial charge in [-0.15, -0.1) is 0 Å². The molecule has 1 aliphatic heterocycles. The van der Waals surface area contributed by atoms with Crippen molar-refractivity contribution in [2.24, 2.45) is 7.05 Å². The molecule has 0 spiro atoms. The van der Waals surface area contributed by atoms with Gasteiger partial charge >= 0.3 is 0 Å². The Morgan fingerprint density at radius 2 is 1.70 bits per heavy atom. The first-order valence-corrected chi connectivity index (χ1v) is 10.3. The second-order valence-corrected chi connectivity index (χ2v) is 7.78. The number of aromatic nitrogens is 4. The van der Waals surface area contributed by atoms with E-state index in [-0.39, 0.29) is 0 Å². The number of para-hydroxylation sites is 1. The Hall–Kier alpha value is -3.61. The minimum absolute atomic E-state index is 0.393. The highest BCUT2D eigenvalue weighted by Gasteiger charge is 2.20. The van der Waals surface area contributed by atoms with Crippen LogP contribution in [0.15, 0.2) is 60.9 Å². The molecule has 1 saturated heterocycles. The van der Waals surface area contributed by atoms with Crippen molar-refractivity contribution < 1.29 is 0 Å². The maximum atomic E-state index is 5.95. The summed E-state index contributed by atoms with van der Waals surface area (Å²) < 4.78 is 1.80. The van der Waals surface area contributed by atoms with Gasteiger partial charge in [0.2, 0.25) is 5.95 Å². The summed E-state index contributed by atoms with van der Waals surface area (Å²) in [5.74, 6) is 1.23. The van der Waals surface area contributed by atoms with E-state index in [9.17, 15) is 0 Å². The molecule has 0 bridgehead atoms. The van der Waals surface area contributed by atoms with Gasteiger partial charge in [0.15, 0.2) is 5.82 Å². The van der Waals surface area contributed by atoms with Gasteiger partial charge < -0.3 is 16.0 Å². The van der Waals surface area contributed by atoms with Crippen molar-refractivity contribution in [2.45, 2.75) is 18.9 Å². The zero-order valence-electron chi connectivity index (χ0n) is 17.0. The summed E-state index contributed by atoms with van der Waals surface area (Å²) in [7, 11) is 1.90. The summed E-state index contributed by atoms with van der Waals surface area (Å²) in [6.07, 6.45) is 5.88. The van der Waals surface area contributed by atoms with Crippen LogP contribution in [0.4, 0.5) is 17.5 Å². The van der Waals surface area contributed by atoms with Crippen molar-refractivity contribution in [1.29, 1.82) is 0 Å². The van der Waals surface area contributed by atoms with E-state index in [0.29, 0.717) is 17.8 Å². The van der Waals surface area contributed by atoms with Gasteiger partial charge in [-0.3, -0.25) is 4.68 Å². The lowest BCUT2D eigenvalue weighted by atomic mass is 10.0. The summed E-state index contributed by atoms with van der Waals surface area (Å²) in [4.78, 5) is 11.5. The van der Waals surface area contributed by atoms with E-state index in [1.54, 1.807) is 4.68 Å². The summed E-state index contributed by atoms with van der Waals surface area (Å²) in [6, 6.07) is 17.1. The van der Waals surface area contributed by atoms with Gasteiger partial charge in [-0.05, 0) is 42.7 Å². The van der Waals surface area contributed by atoms with E-state index in [4.69, 9.17) is 5.73 Å². The zero-order valence-corrected chi connectivity index (χ0v) is 17.0. The standard InChI is InChI=1S/C23H25N7/c1-29-21-13-16(7-8-20(21)22(24)28-29)17-14-25-23(26-15-17)27-18-9-11-30(12-10-18)19-5-3-2-4-6-19/h2-8,13-15,18H,9-12H2,1H3,(H2,24,28)(H,25,26,27). The van der Waals surface area contributed by atoms with E-state index in [1.807, 2.05) is 31.6 Å². The summed E-state index contributed by atoms with van der Waals surface area (Å²) in [6.45, 7) is 2.07. The highest BCUT2D eigenvalue weighted by Crippen LogP contribution is 2.27. The quantitative estimate of drug-likeness (QED) is 0.544. The van der Waals surface area contributed by atoms with Crippen LogP contribution >= 0.6 is 0 Å². The van der Waals surface area contributed by atoms with Crippen molar-refractivity contribution in [3.05, 3.63) is 60.9 Å². The minimum Gasteiger partial charge on any atom is -0.382 e. The molecule has 152 valence electrons. The third-order valence-corrected chi connectivity index (χ3v) is 5.81. The number of piperidine rings is 1. The predicted octanol–water partition coefficient (Wildman–Crippen LogP) is 3.69. The Morgan fingerprint density at radius 1 is 0.967 bits per heavy atom. The third-order valence-electron chi connectivity index (χ3n) is 5.81. The van der Waals surface area contributed by atoms with Gasteiger partial charge in [-0.1, -0.05) is 24.3 Å². The Labute approximate surface area is 175 Å². The van der Waals surface area contributed by atoms with Crippen molar-refractivity contribution in [3.8, 4) is 11.1 Å². The number of nitrogens with one attached hydrogen (secondary N) is 1. The van der Waals surface area contributed by atoms with Crippen LogP contribution in [0.3, 0.4) is 0 Å². The molecule has 0 amide bonds. The Bertz CT molecular complexity index is 1140. The molecule has 0 radical (unpaired) electrons. The number of rotatable bonds is 4. The topological polar surface area (TPSA) is 84.9 Å². The number of nitrogens with zero attached hydrogens (tertiary/aromatic N) is 5. The van der Waals surface area contributed by atoms with Crippen LogP contribution in [0.5, 0.6) is 0 Å². The van der Waals surface area contributed by atoms with Gasteiger partial charge in [0.25, 0.3) is 0 Å². The molecule has 3 N–H and O–H groups in total. The highest BCUT2D eigenvalue weighted by molar-refractivity contribution is 5.92. The van der Waals surface area contributed by atoms with Crippen LogP contribution in [0, 0.1) is 0 Å². The molecule has 5 rings (SSSR count). The van der Waals surface area contributed by atoms with Crippen LogP contribution in [0.25, 0.3) is 22.0 Å². The molecular weight excluding hydrogens is 374 g/mol. The SMILES string of the molecule is Cn1nc(N)c2ccc(-c3cnc(NC4CCN(c5ccccc5)CC4)nc3)cc21. The van der Waals surface area contributed by atoms with Gasteiger partial charge in [0.1, 0.15) is 0 Å². The lowest BCUT2D eigenvalue weighted by molar-refractivity contribution is 0.524. The minimum atomic E-state index is 0.393. The van der Waals surface area contributed by atoms with E-state index >= 15 is 0 Å². The fourth-order valence-corrected chi connectivity index (χ4v) is 4.12.